The fourth-order valence-corrected chi connectivity index (χ4v) is 1.32. The van der Waals surface area contributed by atoms with Crippen molar-refractivity contribution in [3.63, 3.8) is 0 Å². The highest BCUT2D eigenvalue weighted by atomic mass is 79.9. The molecule has 56 valence electrons. The molecule has 0 fully saturated rings. The van der Waals surface area contributed by atoms with Gasteiger partial charge in [0.2, 0.25) is 0 Å². The Balaban J connectivity index is 3.23. The lowest BCUT2D eigenvalue weighted by atomic mass is 10.2. The molecule has 0 spiro atoms. The van der Waals surface area contributed by atoms with Gasteiger partial charge in [-0.15, -0.1) is 6.42 Å². The van der Waals surface area contributed by atoms with E-state index in [4.69, 9.17) is 11.2 Å². The largest absolute Gasteiger partial charge is 0.496 e. The van der Waals surface area contributed by atoms with E-state index < -0.39 is 0 Å². The predicted octanol–water partition coefficient (Wildman–Crippen LogP) is 2.44. The molecule has 11 heavy (non-hydrogen) atoms. The van der Waals surface area contributed by atoms with Crippen molar-refractivity contribution in [3.05, 3.63) is 28.2 Å². The fraction of sp³-hybridized carbons (Fsp3) is 0.111. The number of hydrogen-bond donors (Lipinski definition) is 0. The van der Waals surface area contributed by atoms with Gasteiger partial charge >= 0.3 is 0 Å². The highest BCUT2D eigenvalue weighted by Gasteiger charge is 2.01. The maximum atomic E-state index is 5.24. The molecule has 0 amide bonds. The zero-order chi connectivity index (χ0) is 8.27. The summed E-state index contributed by atoms with van der Waals surface area (Å²) in [6, 6.07) is 5.57. The molecule has 0 aliphatic rings. The second-order valence-corrected chi connectivity index (χ2v) is 2.76. The van der Waals surface area contributed by atoms with Crippen molar-refractivity contribution in [2.75, 3.05) is 7.11 Å². The number of halogens is 1. The van der Waals surface area contributed by atoms with Crippen LogP contribution in [-0.4, -0.2) is 7.11 Å². The third-order valence-electron chi connectivity index (χ3n) is 1.34. The van der Waals surface area contributed by atoms with Crippen LogP contribution in [0.4, 0.5) is 0 Å². The van der Waals surface area contributed by atoms with Crippen molar-refractivity contribution >= 4 is 15.9 Å². The van der Waals surface area contributed by atoms with Gasteiger partial charge in [-0.05, 0) is 28.1 Å². The standard InChI is InChI=1S/C9H7BrO/c1-3-7-5-4-6-8(11-2)9(7)10/h1,4-6H,2H3. The summed E-state index contributed by atoms with van der Waals surface area (Å²) in [6.07, 6.45) is 5.24. The Hall–Kier alpha value is -0.940. The molecular weight excluding hydrogens is 204 g/mol. The Morgan fingerprint density at radius 2 is 2.27 bits per heavy atom. The van der Waals surface area contributed by atoms with Gasteiger partial charge in [-0.3, -0.25) is 0 Å². The molecule has 0 saturated carbocycles. The Morgan fingerprint density at radius 1 is 1.55 bits per heavy atom. The molecule has 1 aromatic carbocycles. The summed E-state index contributed by atoms with van der Waals surface area (Å²) in [5.74, 6) is 3.31. The summed E-state index contributed by atoms with van der Waals surface area (Å²) >= 11 is 3.33. The molecule has 1 nitrogen and oxygen atoms in total. The van der Waals surface area contributed by atoms with Gasteiger partial charge in [-0.1, -0.05) is 12.0 Å². The van der Waals surface area contributed by atoms with Crippen molar-refractivity contribution in [2.45, 2.75) is 0 Å². The first-order valence-electron chi connectivity index (χ1n) is 3.08. The van der Waals surface area contributed by atoms with Crippen LogP contribution in [0, 0.1) is 12.3 Å². The summed E-state index contributed by atoms with van der Waals surface area (Å²) in [5, 5.41) is 0. The van der Waals surface area contributed by atoms with Gasteiger partial charge in [-0.2, -0.15) is 0 Å². The van der Waals surface area contributed by atoms with Crippen LogP contribution >= 0.6 is 15.9 Å². The number of ether oxygens (including phenoxy) is 1. The molecule has 0 atom stereocenters. The molecule has 1 aromatic rings. The van der Waals surface area contributed by atoms with E-state index in [0.29, 0.717) is 0 Å². The predicted molar refractivity (Wildman–Crippen MR) is 48.6 cm³/mol. The summed E-state index contributed by atoms with van der Waals surface area (Å²) in [4.78, 5) is 0. The van der Waals surface area contributed by atoms with Gasteiger partial charge in [0, 0.05) is 5.56 Å². The maximum Gasteiger partial charge on any atom is 0.134 e. The van der Waals surface area contributed by atoms with Crippen molar-refractivity contribution in [1.29, 1.82) is 0 Å². The van der Waals surface area contributed by atoms with Crippen LogP contribution in [0.3, 0.4) is 0 Å². The summed E-state index contributed by atoms with van der Waals surface area (Å²) in [5.41, 5.74) is 0.810. The highest BCUT2D eigenvalue weighted by Crippen LogP contribution is 2.27. The highest BCUT2D eigenvalue weighted by molar-refractivity contribution is 9.10. The third-order valence-corrected chi connectivity index (χ3v) is 2.16. The van der Waals surface area contributed by atoms with Crippen LogP contribution in [-0.2, 0) is 0 Å². The van der Waals surface area contributed by atoms with Crippen LogP contribution in [0.15, 0.2) is 22.7 Å². The lowest BCUT2D eigenvalue weighted by Crippen LogP contribution is -1.85. The minimum atomic E-state index is 0.764. The van der Waals surface area contributed by atoms with Gasteiger partial charge in [-0.25, -0.2) is 0 Å². The van der Waals surface area contributed by atoms with E-state index in [2.05, 4.69) is 21.9 Å². The minimum absolute atomic E-state index is 0.764. The van der Waals surface area contributed by atoms with Crippen LogP contribution < -0.4 is 4.74 Å². The van der Waals surface area contributed by atoms with Crippen molar-refractivity contribution < 1.29 is 4.74 Å². The number of terminal acetylenes is 1. The van der Waals surface area contributed by atoms with E-state index in [-0.39, 0.29) is 0 Å². The van der Waals surface area contributed by atoms with Crippen LogP contribution in [0.1, 0.15) is 5.56 Å². The zero-order valence-corrected chi connectivity index (χ0v) is 7.68. The SMILES string of the molecule is C#Cc1cccc(OC)c1Br. The van der Waals surface area contributed by atoms with Gasteiger partial charge in [0.1, 0.15) is 5.75 Å². The van der Waals surface area contributed by atoms with Gasteiger partial charge in [0.05, 0.1) is 11.6 Å². The van der Waals surface area contributed by atoms with Crippen molar-refractivity contribution in [3.8, 4) is 18.1 Å². The molecule has 0 heterocycles. The lowest BCUT2D eigenvalue weighted by molar-refractivity contribution is 0.412. The first-order chi connectivity index (χ1) is 5.29. The van der Waals surface area contributed by atoms with E-state index >= 15 is 0 Å². The minimum Gasteiger partial charge on any atom is -0.496 e. The average Bonchev–Trinajstić information content (AvgIpc) is 2.05. The molecule has 2 heteroatoms. The fourth-order valence-electron chi connectivity index (χ4n) is 0.780. The molecule has 0 aromatic heterocycles. The van der Waals surface area contributed by atoms with Gasteiger partial charge in [0.25, 0.3) is 0 Å². The van der Waals surface area contributed by atoms with Crippen molar-refractivity contribution in [1.82, 2.24) is 0 Å². The molecule has 0 radical (unpaired) electrons. The number of methoxy groups -OCH3 is 1. The Bertz CT molecular complexity index is 299. The Labute approximate surface area is 74.5 Å². The normalized spacial score (nSPS) is 8.82. The average molecular weight is 211 g/mol. The van der Waals surface area contributed by atoms with E-state index in [9.17, 15) is 0 Å². The van der Waals surface area contributed by atoms with Crippen LogP contribution in [0.2, 0.25) is 0 Å². The van der Waals surface area contributed by atoms with Crippen LogP contribution in [0.5, 0.6) is 5.75 Å². The summed E-state index contributed by atoms with van der Waals surface area (Å²) in [7, 11) is 1.61. The van der Waals surface area contributed by atoms with E-state index in [1.807, 2.05) is 18.2 Å². The summed E-state index contributed by atoms with van der Waals surface area (Å²) < 4.78 is 5.88. The zero-order valence-electron chi connectivity index (χ0n) is 6.10. The third kappa shape index (κ3) is 1.55. The van der Waals surface area contributed by atoms with Crippen molar-refractivity contribution in [2.24, 2.45) is 0 Å². The number of hydrogen-bond acceptors (Lipinski definition) is 1. The van der Waals surface area contributed by atoms with Crippen LogP contribution in [0.25, 0.3) is 0 Å². The molecule has 0 bridgehead atoms. The summed E-state index contributed by atoms with van der Waals surface area (Å²) in [6.45, 7) is 0. The first-order valence-corrected chi connectivity index (χ1v) is 3.88. The monoisotopic (exact) mass is 210 g/mol. The molecule has 0 saturated heterocycles. The number of benzene rings is 1. The molecule has 0 unspecified atom stereocenters. The van der Waals surface area contributed by atoms with E-state index in [1.165, 1.54) is 0 Å². The Kier molecular flexibility index (Phi) is 2.56. The molecule has 0 N–H and O–H groups in total. The molecular formula is C9H7BrO. The lowest BCUT2D eigenvalue weighted by Gasteiger charge is -2.03. The maximum absolute atomic E-state index is 5.24. The second-order valence-electron chi connectivity index (χ2n) is 1.97. The van der Waals surface area contributed by atoms with Gasteiger partial charge < -0.3 is 4.74 Å². The smallest absolute Gasteiger partial charge is 0.134 e. The quantitative estimate of drug-likeness (QED) is 0.648. The number of rotatable bonds is 1. The molecule has 1 rings (SSSR count). The van der Waals surface area contributed by atoms with E-state index in [1.54, 1.807) is 7.11 Å². The molecule has 0 aliphatic heterocycles. The Morgan fingerprint density at radius 3 is 2.82 bits per heavy atom. The first kappa shape index (κ1) is 8.16. The second kappa shape index (κ2) is 3.45. The topological polar surface area (TPSA) is 9.23 Å². The van der Waals surface area contributed by atoms with E-state index in [0.717, 1.165) is 15.8 Å². The molecule has 0 aliphatic carbocycles. The van der Waals surface area contributed by atoms with Gasteiger partial charge in [0.15, 0.2) is 0 Å².